The van der Waals surface area contributed by atoms with E-state index in [9.17, 15) is 0 Å². The minimum atomic E-state index is 0. The van der Waals surface area contributed by atoms with E-state index in [4.69, 9.17) is 4.74 Å². The van der Waals surface area contributed by atoms with Crippen LogP contribution in [0.1, 0.15) is 25.3 Å². The Kier molecular flexibility index (Phi) is 9.93. The number of anilines is 1. The first-order chi connectivity index (χ1) is 10.8. The van der Waals surface area contributed by atoms with Gasteiger partial charge in [-0.3, -0.25) is 0 Å². The Morgan fingerprint density at radius 3 is 2.83 bits per heavy atom. The fraction of sp³-hybridized carbons (Fsp3) is 0.625. The molecule has 0 amide bonds. The zero-order valence-corrected chi connectivity index (χ0v) is 16.4. The predicted molar refractivity (Wildman–Crippen MR) is 106 cm³/mol. The first-order valence-corrected chi connectivity index (χ1v) is 8.04. The van der Waals surface area contributed by atoms with Crippen molar-refractivity contribution >= 4 is 35.8 Å². The number of pyridine rings is 1. The number of halogens is 1. The molecular weight excluding hydrogens is 405 g/mol. The molecule has 0 radical (unpaired) electrons. The summed E-state index contributed by atoms with van der Waals surface area (Å²) in [6.45, 7) is 7.18. The fourth-order valence-electron chi connectivity index (χ4n) is 2.46. The van der Waals surface area contributed by atoms with Gasteiger partial charge in [-0.1, -0.05) is 0 Å². The van der Waals surface area contributed by atoms with E-state index in [0.717, 1.165) is 38.0 Å². The van der Waals surface area contributed by atoms with Gasteiger partial charge in [-0.2, -0.15) is 0 Å². The van der Waals surface area contributed by atoms with E-state index in [1.54, 1.807) is 7.11 Å². The molecule has 2 heterocycles. The smallest absolute Gasteiger partial charge is 0.191 e. The number of methoxy groups -OCH3 is 1. The number of rotatable bonds is 7. The fourth-order valence-corrected chi connectivity index (χ4v) is 2.46. The molecule has 130 valence electrons. The molecule has 0 spiro atoms. The minimum Gasteiger partial charge on any atom is -0.383 e. The van der Waals surface area contributed by atoms with Crippen LogP contribution in [0.2, 0.25) is 0 Å². The van der Waals surface area contributed by atoms with Crippen LogP contribution in [0.25, 0.3) is 0 Å². The van der Waals surface area contributed by atoms with Crippen molar-refractivity contribution in [2.75, 3.05) is 44.8 Å². The van der Waals surface area contributed by atoms with Gasteiger partial charge in [0.15, 0.2) is 5.96 Å². The molecule has 0 bridgehead atoms. The van der Waals surface area contributed by atoms with E-state index >= 15 is 0 Å². The highest BCUT2D eigenvalue weighted by atomic mass is 127. The number of hydrogen-bond acceptors (Lipinski definition) is 4. The van der Waals surface area contributed by atoms with Crippen molar-refractivity contribution in [3.8, 4) is 0 Å². The Bertz CT molecular complexity index is 477. The number of aromatic nitrogens is 1. The van der Waals surface area contributed by atoms with E-state index in [0.29, 0.717) is 13.2 Å². The molecule has 0 unspecified atom stereocenters. The lowest BCUT2D eigenvalue weighted by atomic mass is 10.2. The topological polar surface area (TPSA) is 61.8 Å². The van der Waals surface area contributed by atoms with Gasteiger partial charge in [0.1, 0.15) is 5.82 Å². The predicted octanol–water partition coefficient (Wildman–Crippen LogP) is 2.00. The van der Waals surface area contributed by atoms with Crippen LogP contribution in [0.5, 0.6) is 0 Å². The van der Waals surface area contributed by atoms with E-state index < -0.39 is 0 Å². The summed E-state index contributed by atoms with van der Waals surface area (Å²) >= 11 is 0. The van der Waals surface area contributed by atoms with E-state index in [1.165, 1.54) is 18.4 Å². The molecule has 1 fully saturated rings. The van der Waals surface area contributed by atoms with Crippen molar-refractivity contribution < 1.29 is 4.74 Å². The molecule has 7 heteroatoms. The van der Waals surface area contributed by atoms with Gasteiger partial charge in [-0.25, -0.2) is 9.98 Å². The van der Waals surface area contributed by atoms with Crippen molar-refractivity contribution in [1.29, 1.82) is 0 Å². The van der Waals surface area contributed by atoms with E-state index in [-0.39, 0.29) is 24.0 Å². The van der Waals surface area contributed by atoms with Gasteiger partial charge < -0.3 is 20.3 Å². The van der Waals surface area contributed by atoms with E-state index in [1.807, 2.05) is 12.3 Å². The molecule has 1 saturated heterocycles. The second-order valence-corrected chi connectivity index (χ2v) is 5.33. The summed E-state index contributed by atoms with van der Waals surface area (Å²) in [6.07, 6.45) is 4.40. The highest BCUT2D eigenvalue weighted by Gasteiger charge is 2.13. The lowest BCUT2D eigenvalue weighted by Gasteiger charge is -2.16. The number of ether oxygens (including phenoxy) is 1. The first-order valence-electron chi connectivity index (χ1n) is 8.04. The second kappa shape index (κ2) is 11.4. The number of guanidine groups is 1. The Morgan fingerprint density at radius 1 is 1.35 bits per heavy atom. The monoisotopic (exact) mass is 433 g/mol. The summed E-state index contributed by atoms with van der Waals surface area (Å²) in [5.41, 5.74) is 1.18. The van der Waals surface area contributed by atoms with E-state index in [2.05, 4.69) is 38.5 Å². The van der Waals surface area contributed by atoms with Crippen molar-refractivity contribution in [2.24, 2.45) is 4.99 Å². The summed E-state index contributed by atoms with van der Waals surface area (Å²) in [7, 11) is 1.70. The molecule has 1 aromatic rings. The molecule has 2 rings (SSSR count). The largest absolute Gasteiger partial charge is 0.383 e. The summed E-state index contributed by atoms with van der Waals surface area (Å²) < 4.78 is 5.05. The van der Waals surface area contributed by atoms with Crippen molar-refractivity contribution in [2.45, 2.75) is 26.3 Å². The molecule has 0 atom stereocenters. The SMILES string of the molecule is CCNC(=NCc1ccnc(N2CCCC2)c1)NCCOC.I. The van der Waals surface area contributed by atoms with Crippen LogP contribution in [0.4, 0.5) is 5.82 Å². The zero-order chi connectivity index (χ0) is 15.6. The van der Waals surface area contributed by atoms with Gasteiger partial charge >= 0.3 is 0 Å². The molecule has 1 aliphatic heterocycles. The molecule has 1 aliphatic rings. The van der Waals surface area contributed by atoms with Gasteiger partial charge in [0.05, 0.1) is 13.2 Å². The molecule has 6 nitrogen and oxygen atoms in total. The Labute approximate surface area is 156 Å². The average Bonchev–Trinajstić information content (AvgIpc) is 3.07. The molecule has 23 heavy (non-hydrogen) atoms. The van der Waals surface area contributed by atoms with Crippen LogP contribution in [0.3, 0.4) is 0 Å². The lowest BCUT2D eigenvalue weighted by molar-refractivity contribution is 0.203. The first kappa shape index (κ1) is 20.0. The van der Waals surface area contributed by atoms with Gasteiger partial charge in [-0.15, -0.1) is 24.0 Å². The van der Waals surface area contributed by atoms with Crippen molar-refractivity contribution in [3.63, 3.8) is 0 Å². The maximum atomic E-state index is 5.05. The maximum absolute atomic E-state index is 5.05. The molecule has 2 N–H and O–H groups in total. The quantitative estimate of drug-likeness (QED) is 0.298. The van der Waals surface area contributed by atoms with Crippen LogP contribution < -0.4 is 15.5 Å². The summed E-state index contributed by atoms with van der Waals surface area (Å²) in [6, 6.07) is 4.18. The molecule has 0 saturated carbocycles. The van der Waals surface area contributed by atoms with Crippen LogP contribution in [0, 0.1) is 0 Å². The molecular formula is C16H28IN5O. The Balaban J connectivity index is 0.00000264. The Morgan fingerprint density at radius 2 is 2.13 bits per heavy atom. The molecule has 0 aromatic carbocycles. The van der Waals surface area contributed by atoms with Crippen LogP contribution in [-0.2, 0) is 11.3 Å². The van der Waals surface area contributed by atoms with Gasteiger partial charge in [0.2, 0.25) is 0 Å². The molecule has 0 aliphatic carbocycles. The third-order valence-corrected chi connectivity index (χ3v) is 3.60. The third kappa shape index (κ3) is 6.90. The number of nitrogens with zero attached hydrogens (tertiary/aromatic N) is 3. The Hall–Kier alpha value is -1.09. The normalized spacial score (nSPS) is 14.5. The van der Waals surface area contributed by atoms with Gasteiger partial charge in [0.25, 0.3) is 0 Å². The average molecular weight is 433 g/mol. The maximum Gasteiger partial charge on any atom is 0.191 e. The van der Waals surface area contributed by atoms with Gasteiger partial charge in [0, 0.05) is 39.5 Å². The molecule has 1 aromatic heterocycles. The van der Waals surface area contributed by atoms with Crippen molar-refractivity contribution in [3.05, 3.63) is 23.9 Å². The second-order valence-electron chi connectivity index (χ2n) is 5.33. The van der Waals surface area contributed by atoms with Crippen molar-refractivity contribution in [1.82, 2.24) is 15.6 Å². The number of aliphatic imine (C=N–C) groups is 1. The lowest BCUT2D eigenvalue weighted by Crippen LogP contribution is -2.38. The van der Waals surface area contributed by atoms with Crippen LogP contribution >= 0.6 is 24.0 Å². The van der Waals surface area contributed by atoms with Gasteiger partial charge in [-0.05, 0) is 37.5 Å². The summed E-state index contributed by atoms with van der Waals surface area (Å²) in [5, 5.41) is 6.49. The summed E-state index contributed by atoms with van der Waals surface area (Å²) in [5.74, 6) is 1.89. The van der Waals surface area contributed by atoms with Crippen LogP contribution in [0.15, 0.2) is 23.3 Å². The number of hydrogen-bond donors (Lipinski definition) is 2. The minimum absolute atomic E-state index is 0. The summed E-state index contributed by atoms with van der Waals surface area (Å²) in [4.78, 5) is 11.4. The number of nitrogens with one attached hydrogen (secondary N) is 2. The zero-order valence-electron chi connectivity index (χ0n) is 14.0. The highest BCUT2D eigenvalue weighted by molar-refractivity contribution is 14.0. The third-order valence-electron chi connectivity index (χ3n) is 3.60. The standard InChI is InChI=1S/C16H27N5O.HI/c1-3-17-16(19-8-11-22-2)20-13-14-6-7-18-15(12-14)21-9-4-5-10-21;/h6-7,12H,3-5,8-11,13H2,1-2H3,(H2,17,19,20);1H. The van der Waals surface area contributed by atoms with Crippen LogP contribution in [-0.4, -0.2) is 50.8 Å². The highest BCUT2D eigenvalue weighted by Crippen LogP contribution is 2.18.